The molecule has 0 aromatic rings. The number of carbonyl (C=O) groups excluding carboxylic acids is 3. The first kappa shape index (κ1) is 23.4. The molecular weight excluding hydrogens is 397 g/mol. The zero-order chi connectivity index (χ0) is 19.8. The predicted molar refractivity (Wildman–Crippen MR) is 94.1 cm³/mol. The summed E-state index contributed by atoms with van der Waals surface area (Å²) in [4.78, 5) is 46.5. The van der Waals surface area contributed by atoms with Crippen molar-refractivity contribution in [2.45, 2.75) is 68.0 Å². The van der Waals surface area contributed by atoms with Gasteiger partial charge >= 0.3 is 150 Å². The number of hydrogen-bond acceptors (Lipinski definition) is 6. The van der Waals surface area contributed by atoms with Gasteiger partial charge in [0.2, 0.25) is 0 Å². The summed E-state index contributed by atoms with van der Waals surface area (Å²) in [5.41, 5.74) is -0.794. The molecule has 0 unspecified atom stereocenters. The first-order valence-electron chi connectivity index (χ1n) is 7.75. The molecule has 146 valence electrons. The molecule has 0 bridgehead atoms. The van der Waals surface area contributed by atoms with E-state index in [1.807, 2.05) is 0 Å². The molecule has 0 aliphatic carbocycles. The number of ketones is 1. The Balaban J connectivity index is 4.65. The summed E-state index contributed by atoms with van der Waals surface area (Å²) in [5.74, 6) is 3.69. The number of carbonyl (C=O) groups is 4. The molecule has 25 heavy (non-hydrogen) atoms. The van der Waals surface area contributed by atoms with E-state index in [1.54, 1.807) is 20.8 Å². The van der Waals surface area contributed by atoms with Gasteiger partial charge in [0.25, 0.3) is 0 Å². The van der Waals surface area contributed by atoms with Gasteiger partial charge in [0.05, 0.1) is 0 Å². The van der Waals surface area contributed by atoms with E-state index in [0.29, 0.717) is 0 Å². The summed E-state index contributed by atoms with van der Waals surface area (Å²) >= 11 is -1.53. The van der Waals surface area contributed by atoms with Crippen LogP contribution < -0.4 is 5.32 Å². The number of alkyl carbamates (subject to hydrolysis) is 1. The van der Waals surface area contributed by atoms with Crippen molar-refractivity contribution in [2.24, 2.45) is 0 Å². The number of Topliss-reactive ketones (excluding diaryl/α,β-unsaturated/α-hetero) is 1. The third-order valence-corrected chi connectivity index (χ3v) is 5.65. The van der Waals surface area contributed by atoms with Gasteiger partial charge in [-0.05, 0) is 0 Å². The Kier molecular flexibility index (Phi) is 9.15. The number of nitrogens with one attached hydrogen (secondary N) is 1. The average molecular weight is 426 g/mol. The number of aliphatic carboxylic acids is 1. The van der Waals surface area contributed by atoms with Crippen LogP contribution in [0.4, 0.5) is 4.79 Å². The Morgan fingerprint density at radius 2 is 1.68 bits per heavy atom. The molecule has 0 radical (unpaired) electrons. The van der Waals surface area contributed by atoms with Crippen LogP contribution in [0.3, 0.4) is 0 Å². The van der Waals surface area contributed by atoms with Crippen LogP contribution >= 0.6 is 0 Å². The molecule has 0 aromatic carbocycles. The van der Waals surface area contributed by atoms with Crippen molar-refractivity contribution in [2.75, 3.05) is 6.61 Å². The van der Waals surface area contributed by atoms with E-state index < -0.39 is 61.1 Å². The standard InChI is InChI=1S/C16H29NO7Se/c1-16(2,3)24-15(22)17-11(9-13(19)20)12(18)10-14(21)23-7-8-25(4,5)6/h11H,7-10H2,1-6H3,(H,17,22)(H,19,20)/t11-/m0/s1. The molecule has 1 amide bonds. The van der Waals surface area contributed by atoms with Crippen molar-refractivity contribution in [1.29, 1.82) is 0 Å². The number of carboxylic acids is 1. The van der Waals surface area contributed by atoms with Gasteiger partial charge in [-0.1, -0.05) is 0 Å². The van der Waals surface area contributed by atoms with Crippen molar-refractivity contribution in [3.8, 4) is 0 Å². The van der Waals surface area contributed by atoms with Gasteiger partial charge in [-0.15, -0.1) is 0 Å². The summed E-state index contributed by atoms with van der Waals surface area (Å²) in [6.45, 7) is 5.14. The third kappa shape index (κ3) is 13.4. The Hall–Kier alpha value is -1.60. The van der Waals surface area contributed by atoms with Crippen molar-refractivity contribution in [3.05, 3.63) is 0 Å². The zero-order valence-corrected chi connectivity index (χ0v) is 17.4. The van der Waals surface area contributed by atoms with Gasteiger partial charge in [-0.3, -0.25) is 0 Å². The topological polar surface area (TPSA) is 119 Å². The van der Waals surface area contributed by atoms with Gasteiger partial charge in [0, 0.05) is 0 Å². The molecule has 0 saturated heterocycles. The molecule has 0 aliphatic heterocycles. The third-order valence-electron chi connectivity index (χ3n) is 2.74. The molecule has 9 heteroatoms. The molecule has 0 saturated carbocycles. The Bertz CT molecular complexity index is 506. The fraction of sp³-hybridized carbons (Fsp3) is 0.750. The molecule has 0 aliphatic rings. The fourth-order valence-electron chi connectivity index (χ4n) is 1.59. The van der Waals surface area contributed by atoms with Crippen LogP contribution in [-0.2, 0) is 23.9 Å². The molecule has 0 rings (SSSR count). The van der Waals surface area contributed by atoms with E-state index >= 15 is 0 Å². The van der Waals surface area contributed by atoms with Crippen LogP contribution in [0.15, 0.2) is 0 Å². The average Bonchev–Trinajstić information content (AvgIpc) is 2.33. The Morgan fingerprint density at radius 1 is 1.12 bits per heavy atom. The Morgan fingerprint density at radius 3 is 2.12 bits per heavy atom. The van der Waals surface area contributed by atoms with Crippen molar-refractivity contribution in [3.63, 3.8) is 0 Å². The fourth-order valence-corrected chi connectivity index (χ4v) is 2.82. The van der Waals surface area contributed by atoms with Crippen LogP contribution in [0, 0.1) is 0 Å². The van der Waals surface area contributed by atoms with Crippen molar-refractivity contribution >= 4 is 36.7 Å². The van der Waals surface area contributed by atoms with Gasteiger partial charge in [0.1, 0.15) is 0 Å². The minimum absolute atomic E-state index is 0.235. The molecule has 0 spiro atoms. The second-order valence-electron chi connectivity index (χ2n) is 7.46. The van der Waals surface area contributed by atoms with E-state index in [2.05, 4.69) is 22.8 Å². The minimum atomic E-state index is -1.53. The van der Waals surface area contributed by atoms with Crippen molar-refractivity contribution < 1.29 is 33.8 Å². The van der Waals surface area contributed by atoms with Crippen LogP contribution in [-0.4, -0.2) is 60.0 Å². The molecule has 1 atom stereocenters. The van der Waals surface area contributed by atoms with Gasteiger partial charge in [-0.25, -0.2) is 0 Å². The number of amides is 1. The SMILES string of the molecule is CC(C)(C)OC(=O)N[C@@H](CC(=O)O)C(=O)CC(=O)OCC[Se](C)(C)C. The molecule has 2 N–H and O–H groups in total. The first-order valence-corrected chi connectivity index (χ1v) is 14.1. The quantitative estimate of drug-likeness (QED) is 0.330. The zero-order valence-electron chi connectivity index (χ0n) is 15.7. The first-order chi connectivity index (χ1) is 11.2. The molecular formula is C16H29NO7Se. The van der Waals surface area contributed by atoms with E-state index in [9.17, 15) is 19.2 Å². The van der Waals surface area contributed by atoms with E-state index in [1.165, 1.54) is 0 Å². The molecule has 8 nitrogen and oxygen atoms in total. The second-order valence-corrected chi connectivity index (χ2v) is 17.1. The van der Waals surface area contributed by atoms with Crippen LogP contribution in [0.2, 0.25) is 22.8 Å². The van der Waals surface area contributed by atoms with Gasteiger partial charge in [0.15, 0.2) is 0 Å². The molecule has 0 aromatic heterocycles. The summed E-state index contributed by atoms with van der Waals surface area (Å²) in [6.07, 6.45) is -2.15. The number of esters is 1. The van der Waals surface area contributed by atoms with Crippen LogP contribution in [0.1, 0.15) is 33.6 Å². The number of rotatable bonds is 9. The van der Waals surface area contributed by atoms with E-state index in [-0.39, 0.29) is 6.61 Å². The summed E-state index contributed by atoms with van der Waals surface area (Å²) in [5, 5.41) is 11.9. The second kappa shape index (κ2) is 9.77. The number of hydrogen-bond donors (Lipinski definition) is 2. The predicted octanol–water partition coefficient (Wildman–Crippen LogP) is 2.20. The van der Waals surface area contributed by atoms with Gasteiger partial charge in [-0.2, -0.15) is 0 Å². The number of ether oxygens (including phenoxy) is 2. The summed E-state index contributed by atoms with van der Waals surface area (Å²) in [7, 11) is 0. The molecule has 0 fully saturated rings. The van der Waals surface area contributed by atoms with Crippen LogP contribution in [0.25, 0.3) is 0 Å². The molecule has 0 heterocycles. The van der Waals surface area contributed by atoms with Crippen LogP contribution in [0.5, 0.6) is 0 Å². The maximum absolute atomic E-state index is 12.1. The normalized spacial score (nSPS) is 13.5. The summed E-state index contributed by atoms with van der Waals surface area (Å²) < 4.78 is 10.0. The van der Waals surface area contributed by atoms with Gasteiger partial charge < -0.3 is 0 Å². The van der Waals surface area contributed by atoms with Crippen molar-refractivity contribution in [1.82, 2.24) is 5.32 Å². The summed E-state index contributed by atoms with van der Waals surface area (Å²) in [6, 6.07) is -1.35. The van der Waals surface area contributed by atoms with E-state index in [0.717, 1.165) is 5.32 Å². The maximum atomic E-state index is 12.1. The monoisotopic (exact) mass is 427 g/mol. The van der Waals surface area contributed by atoms with E-state index in [4.69, 9.17) is 14.6 Å². The Labute approximate surface area is 150 Å². The number of carboxylic acid groups (broad SMARTS) is 1.